The first-order valence-corrected chi connectivity index (χ1v) is 8.06. The third kappa shape index (κ3) is 5.57. The topological polar surface area (TPSA) is 170 Å². The quantitative estimate of drug-likeness (QED) is 0.260. The third-order valence-electron chi connectivity index (χ3n) is 3.89. The molecule has 11 nitrogen and oxygen atoms in total. The Balaban J connectivity index is 2.04. The van der Waals surface area contributed by atoms with Crippen molar-refractivity contribution < 1.29 is 19.4 Å². The van der Waals surface area contributed by atoms with E-state index in [9.17, 15) is 29.8 Å². The minimum atomic E-state index is -0.989. The van der Waals surface area contributed by atoms with Gasteiger partial charge in [-0.15, -0.1) is 0 Å². The Hall–Kier alpha value is -3.86. The fourth-order valence-corrected chi connectivity index (χ4v) is 2.47. The Morgan fingerprint density at radius 2 is 1.36 bits per heavy atom. The van der Waals surface area contributed by atoms with E-state index in [1.165, 1.54) is 48.5 Å². The van der Waals surface area contributed by atoms with E-state index in [4.69, 9.17) is 5.84 Å². The molecule has 146 valence electrons. The summed E-state index contributed by atoms with van der Waals surface area (Å²) in [5.74, 6) is 4.05. The van der Waals surface area contributed by atoms with Crippen molar-refractivity contribution in [2.75, 3.05) is 0 Å². The van der Waals surface area contributed by atoms with Crippen LogP contribution < -0.4 is 16.6 Å². The number of nitrogens with one attached hydrogen (secondary N) is 2. The lowest BCUT2D eigenvalue weighted by molar-refractivity contribution is -0.385. The zero-order valence-corrected chi connectivity index (χ0v) is 14.5. The van der Waals surface area contributed by atoms with Gasteiger partial charge in [0.25, 0.3) is 17.3 Å². The SMILES string of the molecule is NNC(=O)[C@H](Cc1ccc([N+](=O)[O-])cc1)NC(=O)Cc1ccc([N+](=O)[O-])cc1. The molecular weight excluding hydrogens is 370 g/mol. The summed E-state index contributed by atoms with van der Waals surface area (Å²) in [7, 11) is 0. The molecule has 0 saturated heterocycles. The Morgan fingerprint density at radius 1 is 0.893 bits per heavy atom. The highest BCUT2D eigenvalue weighted by molar-refractivity contribution is 5.88. The highest BCUT2D eigenvalue weighted by Crippen LogP contribution is 2.14. The molecule has 2 aromatic carbocycles. The largest absolute Gasteiger partial charge is 0.344 e. The first kappa shape index (κ1) is 20.5. The van der Waals surface area contributed by atoms with E-state index < -0.39 is 27.7 Å². The molecule has 0 unspecified atom stereocenters. The first-order chi connectivity index (χ1) is 13.3. The van der Waals surface area contributed by atoms with Gasteiger partial charge in [0.2, 0.25) is 5.91 Å². The fourth-order valence-electron chi connectivity index (χ4n) is 2.47. The highest BCUT2D eigenvalue weighted by atomic mass is 16.6. The van der Waals surface area contributed by atoms with Gasteiger partial charge in [0.05, 0.1) is 16.3 Å². The van der Waals surface area contributed by atoms with E-state index in [0.717, 1.165) is 0 Å². The van der Waals surface area contributed by atoms with Crippen molar-refractivity contribution in [3.63, 3.8) is 0 Å². The predicted octanol–water partition coefficient (Wildman–Crippen LogP) is 0.763. The van der Waals surface area contributed by atoms with Gasteiger partial charge in [-0.1, -0.05) is 24.3 Å². The maximum Gasteiger partial charge on any atom is 0.269 e. The zero-order valence-electron chi connectivity index (χ0n) is 14.5. The molecule has 0 bridgehead atoms. The van der Waals surface area contributed by atoms with Crippen LogP contribution in [-0.4, -0.2) is 27.7 Å². The average molecular weight is 387 g/mol. The zero-order chi connectivity index (χ0) is 20.7. The van der Waals surface area contributed by atoms with Crippen LogP contribution in [0.3, 0.4) is 0 Å². The van der Waals surface area contributed by atoms with E-state index in [-0.39, 0.29) is 24.2 Å². The number of hydrogen-bond acceptors (Lipinski definition) is 7. The molecule has 4 N–H and O–H groups in total. The average Bonchev–Trinajstić information content (AvgIpc) is 2.67. The van der Waals surface area contributed by atoms with Crippen LogP contribution in [0.2, 0.25) is 0 Å². The van der Waals surface area contributed by atoms with Gasteiger partial charge in [0.1, 0.15) is 6.04 Å². The minimum absolute atomic E-state index is 0.0764. The molecule has 0 aliphatic rings. The normalized spacial score (nSPS) is 11.3. The van der Waals surface area contributed by atoms with Crippen LogP contribution in [0, 0.1) is 20.2 Å². The molecule has 0 saturated carbocycles. The lowest BCUT2D eigenvalue weighted by atomic mass is 10.0. The van der Waals surface area contributed by atoms with Crippen molar-refractivity contribution in [3.05, 3.63) is 79.9 Å². The molecule has 0 aliphatic heterocycles. The molecule has 28 heavy (non-hydrogen) atoms. The molecule has 0 aliphatic carbocycles. The van der Waals surface area contributed by atoms with Gasteiger partial charge in [0, 0.05) is 30.7 Å². The summed E-state index contributed by atoms with van der Waals surface area (Å²) in [6.45, 7) is 0. The predicted molar refractivity (Wildman–Crippen MR) is 97.9 cm³/mol. The maximum absolute atomic E-state index is 12.2. The number of nitrogens with zero attached hydrogens (tertiary/aromatic N) is 2. The second-order valence-electron chi connectivity index (χ2n) is 5.86. The Kier molecular flexibility index (Phi) is 6.71. The molecule has 0 radical (unpaired) electrons. The maximum atomic E-state index is 12.2. The minimum Gasteiger partial charge on any atom is -0.344 e. The number of hydrogen-bond donors (Lipinski definition) is 3. The number of nitro benzene ring substituents is 2. The number of nitrogens with two attached hydrogens (primary N) is 1. The van der Waals surface area contributed by atoms with E-state index in [1.807, 2.05) is 5.43 Å². The van der Waals surface area contributed by atoms with Gasteiger partial charge in [-0.3, -0.25) is 35.2 Å². The van der Waals surface area contributed by atoms with E-state index in [2.05, 4.69) is 5.32 Å². The third-order valence-corrected chi connectivity index (χ3v) is 3.89. The Morgan fingerprint density at radius 3 is 1.79 bits per heavy atom. The number of carbonyl (C=O) groups is 2. The van der Waals surface area contributed by atoms with Crippen LogP contribution in [0.25, 0.3) is 0 Å². The Bertz CT molecular complexity index is 882. The molecule has 2 aromatic rings. The van der Waals surface area contributed by atoms with Gasteiger partial charge < -0.3 is 5.32 Å². The number of hydrazine groups is 1. The van der Waals surface area contributed by atoms with Crippen molar-refractivity contribution in [1.29, 1.82) is 0 Å². The first-order valence-electron chi connectivity index (χ1n) is 8.06. The molecule has 1 atom stereocenters. The van der Waals surface area contributed by atoms with Crippen LogP contribution in [0.5, 0.6) is 0 Å². The van der Waals surface area contributed by atoms with Crippen molar-refractivity contribution in [2.45, 2.75) is 18.9 Å². The van der Waals surface area contributed by atoms with Crippen LogP contribution in [0.4, 0.5) is 11.4 Å². The summed E-state index contributed by atoms with van der Waals surface area (Å²) in [4.78, 5) is 44.5. The molecule has 0 heterocycles. The van der Waals surface area contributed by atoms with Crippen LogP contribution in [-0.2, 0) is 22.4 Å². The van der Waals surface area contributed by atoms with E-state index in [1.54, 1.807) is 0 Å². The standard InChI is InChI=1S/C17H17N5O6/c18-20-17(24)15(9-11-1-5-13(6-2-11)21(25)26)19-16(23)10-12-3-7-14(8-4-12)22(27)28/h1-8,15H,9-10,18H2,(H,19,23)(H,20,24)/t15-/m0/s1. The highest BCUT2D eigenvalue weighted by Gasteiger charge is 2.21. The number of carbonyl (C=O) groups excluding carboxylic acids is 2. The summed E-state index contributed by atoms with van der Waals surface area (Å²) < 4.78 is 0. The number of amides is 2. The smallest absolute Gasteiger partial charge is 0.269 e. The number of non-ortho nitro benzene ring substituents is 2. The van der Waals surface area contributed by atoms with Crippen LogP contribution in [0.1, 0.15) is 11.1 Å². The van der Waals surface area contributed by atoms with Gasteiger partial charge >= 0.3 is 0 Å². The van der Waals surface area contributed by atoms with Crippen molar-refractivity contribution in [3.8, 4) is 0 Å². The van der Waals surface area contributed by atoms with Crippen molar-refractivity contribution in [2.24, 2.45) is 5.84 Å². The van der Waals surface area contributed by atoms with Crippen LogP contribution in [0.15, 0.2) is 48.5 Å². The second-order valence-corrected chi connectivity index (χ2v) is 5.86. The summed E-state index contributed by atoms with van der Waals surface area (Å²) >= 11 is 0. The molecule has 2 rings (SSSR count). The number of benzene rings is 2. The summed E-state index contributed by atoms with van der Waals surface area (Å²) in [5.41, 5.74) is 2.91. The summed E-state index contributed by atoms with van der Waals surface area (Å²) in [6, 6.07) is 10.0. The molecular formula is C17H17N5O6. The van der Waals surface area contributed by atoms with Crippen molar-refractivity contribution >= 4 is 23.2 Å². The molecule has 11 heteroatoms. The lowest BCUT2D eigenvalue weighted by Crippen LogP contribution is -2.50. The molecule has 0 aromatic heterocycles. The monoisotopic (exact) mass is 387 g/mol. The van der Waals surface area contributed by atoms with Gasteiger partial charge in [-0.25, -0.2) is 5.84 Å². The number of rotatable bonds is 8. The summed E-state index contributed by atoms with van der Waals surface area (Å²) in [5, 5.41) is 23.9. The summed E-state index contributed by atoms with van der Waals surface area (Å²) in [6.07, 6.45) is -0.0142. The Labute approximate surface area is 158 Å². The van der Waals surface area contributed by atoms with Gasteiger partial charge in [-0.05, 0) is 11.1 Å². The number of nitro groups is 2. The van der Waals surface area contributed by atoms with E-state index >= 15 is 0 Å². The molecule has 0 spiro atoms. The molecule has 2 amide bonds. The second kappa shape index (κ2) is 9.19. The fraction of sp³-hybridized carbons (Fsp3) is 0.176. The van der Waals surface area contributed by atoms with Gasteiger partial charge in [0.15, 0.2) is 0 Å². The molecule has 0 fully saturated rings. The lowest BCUT2D eigenvalue weighted by Gasteiger charge is -2.17. The van der Waals surface area contributed by atoms with E-state index in [0.29, 0.717) is 11.1 Å². The van der Waals surface area contributed by atoms with Gasteiger partial charge in [-0.2, -0.15) is 0 Å². The van der Waals surface area contributed by atoms with Crippen molar-refractivity contribution in [1.82, 2.24) is 10.7 Å². The van der Waals surface area contributed by atoms with Crippen LogP contribution >= 0.6 is 0 Å².